The molecule has 0 bridgehead atoms. The summed E-state index contributed by atoms with van der Waals surface area (Å²) in [6, 6.07) is 13.5. The number of rotatable bonds is 5. The molecule has 0 amide bonds. The van der Waals surface area contributed by atoms with Gasteiger partial charge < -0.3 is 4.74 Å². The number of benzene rings is 2. The third-order valence-electron chi connectivity index (χ3n) is 3.78. The molecule has 0 N–H and O–H groups in total. The Bertz CT molecular complexity index is 990. The number of hydrogen-bond donors (Lipinski definition) is 0. The van der Waals surface area contributed by atoms with E-state index in [1.165, 1.54) is 13.1 Å². The maximum atomic E-state index is 12.0. The Morgan fingerprint density at radius 2 is 1.80 bits per heavy atom. The number of nitrogens with zero attached hydrogens (tertiary/aromatic N) is 2. The van der Waals surface area contributed by atoms with Crippen LogP contribution in [-0.4, -0.2) is 21.5 Å². The first-order chi connectivity index (χ1) is 12.0. The van der Waals surface area contributed by atoms with Crippen molar-refractivity contribution in [2.45, 2.75) is 19.9 Å². The molecular formula is C19H16N2O4. The minimum Gasteiger partial charge on any atom is -0.426 e. The van der Waals surface area contributed by atoms with E-state index in [0.717, 1.165) is 0 Å². The van der Waals surface area contributed by atoms with Crippen molar-refractivity contribution >= 4 is 22.7 Å². The molecule has 0 aliphatic rings. The first-order valence-electron chi connectivity index (χ1n) is 7.81. The second kappa shape index (κ2) is 7.09. The van der Waals surface area contributed by atoms with Gasteiger partial charge in [-0.25, -0.2) is 0 Å². The highest BCUT2D eigenvalue weighted by molar-refractivity contribution is 5.94. The molecule has 0 fully saturated rings. The van der Waals surface area contributed by atoms with Crippen LogP contribution in [0.2, 0.25) is 0 Å². The Balaban J connectivity index is 1.68. The average Bonchev–Trinajstić information content (AvgIpc) is 2.62. The van der Waals surface area contributed by atoms with E-state index in [1.807, 2.05) is 6.07 Å². The molecule has 2 aromatic carbocycles. The lowest BCUT2D eigenvalue weighted by molar-refractivity contribution is -0.134. The van der Waals surface area contributed by atoms with Crippen molar-refractivity contribution < 1.29 is 14.3 Å². The van der Waals surface area contributed by atoms with E-state index in [4.69, 9.17) is 4.74 Å². The smallest absolute Gasteiger partial charge is 0.313 e. The number of ether oxygens (including phenoxy) is 1. The number of aryl methyl sites for hydroxylation is 1. The summed E-state index contributed by atoms with van der Waals surface area (Å²) >= 11 is 0. The van der Waals surface area contributed by atoms with Crippen LogP contribution in [0.4, 0.5) is 0 Å². The summed E-state index contributed by atoms with van der Waals surface area (Å²) in [6.45, 7) is 1.77. The van der Waals surface area contributed by atoms with Crippen LogP contribution in [0.15, 0.2) is 59.5 Å². The van der Waals surface area contributed by atoms with Gasteiger partial charge in [0.2, 0.25) is 5.43 Å². The largest absolute Gasteiger partial charge is 0.426 e. The normalized spacial score (nSPS) is 10.6. The number of aromatic nitrogens is 2. The van der Waals surface area contributed by atoms with Crippen molar-refractivity contribution in [2.75, 3.05) is 0 Å². The molecule has 1 aromatic heterocycles. The van der Waals surface area contributed by atoms with Crippen LogP contribution in [0.25, 0.3) is 10.9 Å². The van der Waals surface area contributed by atoms with E-state index >= 15 is 0 Å². The van der Waals surface area contributed by atoms with Gasteiger partial charge in [-0.1, -0.05) is 12.1 Å². The van der Waals surface area contributed by atoms with Crippen LogP contribution in [0.3, 0.4) is 0 Å². The topological polar surface area (TPSA) is 78.3 Å². The fourth-order valence-corrected chi connectivity index (χ4v) is 2.48. The molecule has 25 heavy (non-hydrogen) atoms. The Morgan fingerprint density at radius 1 is 1.08 bits per heavy atom. The van der Waals surface area contributed by atoms with Crippen LogP contribution in [0, 0.1) is 0 Å². The Kier molecular flexibility index (Phi) is 4.70. The van der Waals surface area contributed by atoms with Crippen LogP contribution in [-0.2, 0) is 11.3 Å². The Hall–Kier alpha value is -3.28. The minimum atomic E-state index is -0.417. The van der Waals surface area contributed by atoms with Gasteiger partial charge in [0.05, 0.1) is 24.7 Å². The highest BCUT2D eigenvalue weighted by Crippen LogP contribution is 2.14. The Labute approximate surface area is 143 Å². The van der Waals surface area contributed by atoms with Crippen molar-refractivity contribution in [2.24, 2.45) is 0 Å². The highest BCUT2D eigenvalue weighted by atomic mass is 16.5. The molecule has 0 saturated carbocycles. The van der Waals surface area contributed by atoms with Crippen molar-refractivity contribution in [3.8, 4) is 5.75 Å². The molecule has 0 aliphatic carbocycles. The van der Waals surface area contributed by atoms with E-state index in [9.17, 15) is 14.4 Å². The van der Waals surface area contributed by atoms with Gasteiger partial charge in [-0.3, -0.25) is 19.1 Å². The summed E-state index contributed by atoms with van der Waals surface area (Å²) in [5, 5.41) is 4.64. The third-order valence-corrected chi connectivity index (χ3v) is 3.78. The van der Waals surface area contributed by atoms with Crippen molar-refractivity contribution in [1.82, 2.24) is 9.78 Å². The molecule has 0 spiro atoms. The second-order valence-corrected chi connectivity index (χ2v) is 5.55. The van der Waals surface area contributed by atoms with Crippen molar-refractivity contribution in [3.05, 3.63) is 70.5 Å². The number of para-hydroxylation sites is 1. The maximum Gasteiger partial charge on any atom is 0.313 e. The summed E-state index contributed by atoms with van der Waals surface area (Å²) in [5.74, 6) is -0.0815. The van der Waals surface area contributed by atoms with Crippen LogP contribution >= 0.6 is 0 Å². The molecule has 6 heteroatoms. The predicted octanol–water partition coefficient (Wildman–Crippen LogP) is 2.59. The van der Waals surface area contributed by atoms with Crippen molar-refractivity contribution in [1.29, 1.82) is 0 Å². The van der Waals surface area contributed by atoms with E-state index < -0.39 is 5.97 Å². The van der Waals surface area contributed by atoms with E-state index in [-0.39, 0.29) is 17.6 Å². The number of fused-ring (bicyclic) bond motifs is 1. The monoisotopic (exact) mass is 336 g/mol. The van der Waals surface area contributed by atoms with Gasteiger partial charge in [0, 0.05) is 10.9 Å². The molecular weight excluding hydrogens is 320 g/mol. The standard InChI is InChI=1S/C19H16N2O4/c1-13(22)14-6-8-15(9-7-14)25-19(24)10-11-21-17-5-3-2-4-16(17)18(23)12-20-21/h2-9,12H,10-11H2,1H3. The lowest BCUT2D eigenvalue weighted by Gasteiger charge is -2.09. The lowest BCUT2D eigenvalue weighted by Crippen LogP contribution is -2.16. The molecule has 3 rings (SSSR count). The minimum absolute atomic E-state index is 0.0472. The number of hydrogen-bond acceptors (Lipinski definition) is 5. The first-order valence-corrected chi connectivity index (χ1v) is 7.81. The van der Waals surface area contributed by atoms with E-state index in [2.05, 4.69) is 5.10 Å². The average molecular weight is 336 g/mol. The molecule has 0 unspecified atom stereocenters. The highest BCUT2D eigenvalue weighted by Gasteiger charge is 2.09. The number of ketones is 1. The number of Topliss-reactive ketones (excluding diaryl/α,β-unsaturated/α-hetero) is 1. The summed E-state index contributed by atoms with van der Waals surface area (Å²) in [7, 11) is 0. The predicted molar refractivity (Wildman–Crippen MR) is 92.7 cm³/mol. The fraction of sp³-hybridized carbons (Fsp3) is 0.158. The van der Waals surface area contributed by atoms with Crippen molar-refractivity contribution in [3.63, 3.8) is 0 Å². The molecule has 0 atom stereocenters. The van der Waals surface area contributed by atoms with Gasteiger partial charge in [-0.05, 0) is 43.3 Å². The van der Waals surface area contributed by atoms with Gasteiger partial charge in [-0.15, -0.1) is 0 Å². The first kappa shape index (κ1) is 16.6. The summed E-state index contributed by atoms with van der Waals surface area (Å²) in [6.07, 6.45) is 1.35. The molecule has 1 heterocycles. The third kappa shape index (κ3) is 3.80. The SMILES string of the molecule is CC(=O)c1ccc(OC(=O)CCn2ncc(=O)c3ccccc32)cc1. The zero-order chi connectivity index (χ0) is 17.8. The fourth-order valence-electron chi connectivity index (χ4n) is 2.48. The zero-order valence-electron chi connectivity index (χ0n) is 13.6. The Morgan fingerprint density at radius 3 is 2.52 bits per heavy atom. The molecule has 0 saturated heterocycles. The van der Waals surface area contributed by atoms with E-state index in [0.29, 0.717) is 28.8 Å². The molecule has 0 radical (unpaired) electrons. The van der Waals surface area contributed by atoms with Gasteiger partial charge >= 0.3 is 5.97 Å². The molecule has 0 aliphatic heterocycles. The zero-order valence-corrected chi connectivity index (χ0v) is 13.6. The summed E-state index contributed by atoms with van der Waals surface area (Å²) < 4.78 is 6.86. The molecule has 126 valence electrons. The quantitative estimate of drug-likeness (QED) is 0.406. The maximum absolute atomic E-state index is 12.0. The number of carbonyl (C=O) groups is 2. The number of esters is 1. The molecule has 3 aromatic rings. The second-order valence-electron chi connectivity index (χ2n) is 5.55. The van der Waals surface area contributed by atoms with Crippen LogP contribution < -0.4 is 10.2 Å². The molecule has 6 nitrogen and oxygen atoms in total. The number of carbonyl (C=O) groups excluding carboxylic acids is 2. The lowest BCUT2D eigenvalue weighted by atomic mass is 10.1. The van der Waals surface area contributed by atoms with Gasteiger partial charge in [0.15, 0.2) is 5.78 Å². The van der Waals surface area contributed by atoms with Crippen LogP contribution in [0.5, 0.6) is 5.75 Å². The van der Waals surface area contributed by atoms with Gasteiger partial charge in [0.25, 0.3) is 0 Å². The summed E-state index contributed by atoms with van der Waals surface area (Å²) in [4.78, 5) is 35.0. The van der Waals surface area contributed by atoms with Gasteiger partial charge in [0.1, 0.15) is 5.75 Å². The van der Waals surface area contributed by atoms with Gasteiger partial charge in [-0.2, -0.15) is 5.10 Å². The summed E-state index contributed by atoms with van der Waals surface area (Å²) in [5.41, 5.74) is 1.08. The van der Waals surface area contributed by atoms with E-state index in [1.54, 1.807) is 47.1 Å². The van der Waals surface area contributed by atoms with Crippen LogP contribution in [0.1, 0.15) is 23.7 Å².